The maximum absolute atomic E-state index is 13.7. The van der Waals surface area contributed by atoms with Crippen molar-refractivity contribution in [2.24, 2.45) is 5.92 Å². The van der Waals surface area contributed by atoms with Crippen LogP contribution in [0.1, 0.15) is 64.7 Å². The van der Waals surface area contributed by atoms with Crippen LogP contribution in [0, 0.1) is 5.92 Å². The molecule has 2 atom stereocenters. The molecule has 188 valence electrons. The van der Waals surface area contributed by atoms with Gasteiger partial charge in [0.2, 0.25) is 0 Å². The van der Waals surface area contributed by atoms with Crippen molar-refractivity contribution in [2.75, 3.05) is 5.32 Å². The summed E-state index contributed by atoms with van der Waals surface area (Å²) < 4.78 is 46.9. The summed E-state index contributed by atoms with van der Waals surface area (Å²) in [6.07, 6.45) is -4.33. The number of aliphatic carboxylic acids is 1. The molecule has 0 aromatic heterocycles. The first-order valence-corrected chi connectivity index (χ1v) is 11.6. The highest BCUT2D eigenvalue weighted by molar-refractivity contribution is 6.06. The highest BCUT2D eigenvalue weighted by Crippen LogP contribution is 2.49. The number of carboxylic acids is 1. The van der Waals surface area contributed by atoms with Crippen molar-refractivity contribution in [1.82, 2.24) is 0 Å². The molecule has 5 nitrogen and oxygen atoms in total. The van der Waals surface area contributed by atoms with Crippen molar-refractivity contribution >= 4 is 17.6 Å². The van der Waals surface area contributed by atoms with E-state index in [1.165, 1.54) is 12.1 Å². The lowest BCUT2D eigenvalue weighted by Crippen LogP contribution is -2.19. The number of rotatable bonds is 8. The average molecular weight is 498 g/mol. The molecule has 1 saturated carbocycles. The zero-order valence-electron chi connectivity index (χ0n) is 19.8. The van der Waals surface area contributed by atoms with Gasteiger partial charge >= 0.3 is 12.1 Å². The van der Waals surface area contributed by atoms with Crippen molar-refractivity contribution in [3.8, 4) is 5.75 Å². The molecule has 36 heavy (non-hydrogen) atoms. The van der Waals surface area contributed by atoms with Gasteiger partial charge in [0.1, 0.15) is 12.4 Å². The number of halogens is 3. The summed E-state index contributed by atoms with van der Waals surface area (Å²) in [6.45, 7) is 4.10. The first-order chi connectivity index (χ1) is 17.0. The van der Waals surface area contributed by atoms with Crippen LogP contribution in [-0.2, 0) is 17.6 Å². The molecule has 1 amide bonds. The third kappa shape index (κ3) is 5.70. The Kier molecular flexibility index (Phi) is 7.06. The van der Waals surface area contributed by atoms with Gasteiger partial charge in [-0.25, -0.2) is 0 Å². The molecule has 0 spiro atoms. The highest BCUT2D eigenvalue weighted by atomic mass is 19.4. The van der Waals surface area contributed by atoms with Crippen LogP contribution in [0.25, 0.3) is 0 Å². The van der Waals surface area contributed by atoms with Crippen molar-refractivity contribution in [1.29, 1.82) is 0 Å². The Balaban J connectivity index is 1.59. The van der Waals surface area contributed by atoms with E-state index >= 15 is 0 Å². The van der Waals surface area contributed by atoms with Gasteiger partial charge in [-0.15, -0.1) is 0 Å². The van der Waals surface area contributed by atoms with Crippen LogP contribution in [0.4, 0.5) is 18.9 Å². The number of hydrogen-bond acceptors (Lipinski definition) is 3. The zero-order valence-corrected chi connectivity index (χ0v) is 19.8. The van der Waals surface area contributed by atoms with Crippen LogP contribution in [0.5, 0.6) is 5.75 Å². The Morgan fingerprint density at radius 1 is 1.06 bits per heavy atom. The summed E-state index contributed by atoms with van der Waals surface area (Å²) in [5, 5.41) is 11.6. The lowest BCUT2D eigenvalue weighted by atomic mass is 9.96. The van der Waals surface area contributed by atoms with Gasteiger partial charge in [-0.05, 0) is 65.3 Å². The monoisotopic (exact) mass is 497 g/mol. The van der Waals surface area contributed by atoms with E-state index in [0.29, 0.717) is 29.9 Å². The maximum atomic E-state index is 13.7. The second-order valence-corrected chi connectivity index (χ2v) is 9.22. The third-order valence-electron chi connectivity index (χ3n) is 6.27. The predicted molar refractivity (Wildman–Crippen MR) is 129 cm³/mol. The van der Waals surface area contributed by atoms with Crippen LogP contribution < -0.4 is 10.1 Å². The number of alkyl halides is 3. The molecule has 0 bridgehead atoms. The number of hydrogen-bond donors (Lipinski definition) is 2. The van der Waals surface area contributed by atoms with Gasteiger partial charge in [-0.3, -0.25) is 9.59 Å². The standard InChI is InChI=1S/C28H26F3NO4/c1-16(2)21-13-19(36-15-17-6-4-3-5-7-17)9-10-20(21)26(33)32-25-12-18(22-14-23(22)27(34)35)8-11-24(25)28(29,30)31/h3-13,16,22-23H,14-15H2,1-2H3,(H,32,33)(H,34,35)/t22-,23-/m1/s1. The fourth-order valence-electron chi connectivity index (χ4n) is 4.23. The van der Waals surface area contributed by atoms with Crippen molar-refractivity contribution in [3.63, 3.8) is 0 Å². The molecule has 3 aromatic rings. The third-order valence-corrected chi connectivity index (χ3v) is 6.27. The van der Waals surface area contributed by atoms with Gasteiger partial charge in [0.15, 0.2) is 0 Å². The summed E-state index contributed by atoms with van der Waals surface area (Å²) in [6, 6.07) is 17.9. The number of benzene rings is 3. The molecule has 0 heterocycles. The Morgan fingerprint density at radius 3 is 2.39 bits per heavy atom. The van der Waals surface area contributed by atoms with E-state index < -0.39 is 29.5 Å². The van der Waals surface area contributed by atoms with E-state index in [9.17, 15) is 27.9 Å². The van der Waals surface area contributed by atoms with Crippen LogP contribution in [-0.4, -0.2) is 17.0 Å². The minimum absolute atomic E-state index is 0.0952. The first-order valence-electron chi connectivity index (χ1n) is 11.6. The van der Waals surface area contributed by atoms with E-state index in [0.717, 1.165) is 11.6 Å². The quantitative estimate of drug-likeness (QED) is 0.357. The number of carbonyl (C=O) groups is 2. The Hall–Kier alpha value is -3.81. The number of ether oxygens (including phenoxy) is 1. The zero-order chi connectivity index (χ0) is 26.0. The van der Waals surface area contributed by atoms with Crippen molar-refractivity contribution < 1.29 is 32.6 Å². The SMILES string of the molecule is CC(C)c1cc(OCc2ccccc2)ccc1C(=O)Nc1cc([C@H]2C[C@H]2C(=O)O)ccc1C(F)(F)F. The molecule has 1 aliphatic rings. The first kappa shape index (κ1) is 25.3. The molecule has 2 N–H and O–H groups in total. The van der Waals surface area contributed by atoms with Crippen LogP contribution in [0.2, 0.25) is 0 Å². The van der Waals surface area contributed by atoms with Gasteiger partial charge < -0.3 is 15.2 Å². The molecule has 0 saturated heterocycles. The van der Waals surface area contributed by atoms with E-state index in [4.69, 9.17) is 4.74 Å². The molecule has 8 heteroatoms. The second-order valence-electron chi connectivity index (χ2n) is 9.22. The van der Waals surface area contributed by atoms with Gasteiger partial charge in [0.25, 0.3) is 5.91 Å². The molecule has 1 fully saturated rings. The molecule has 0 unspecified atom stereocenters. The number of amides is 1. The summed E-state index contributed by atoms with van der Waals surface area (Å²) >= 11 is 0. The summed E-state index contributed by atoms with van der Waals surface area (Å²) in [5.41, 5.74) is 0.938. The van der Waals surface area contributed by atoms with Crippen molar-refractivity contribution in [2.45, 2.75) is 44.9 Å². The molecular weight excluding hydrogens is 471 g/mol. The van der Waals surface area contributed by atoms with Crippen LogP contribution >= 0.6 is 0 Å². The molecular formula is C28H26F3NO4. The summed E-state index contributed by atoms with van der Waals surface area (Å²) in [5.74, 6) is -2.20. The van der Waals surface area contributed by atoms with Crippen molar-refractivity contribution in [3.05, 3.63) is 94.5 Å². The van der Waals surface area contributed by atoms with Gasteiger partial charge in [-0.2, -0.15) is 13.2 Å². The smallest absolute Gasteiger partial charge is 0.418 e. The fourth-order valence-corrected chi connectivity index (χ4v) is 4.23. The Morgan fingerprint density at radius 2 is 1.78 bits per heavy atom. The number of nitrogens with one attached hydrogen (secondary N) is 1. The summed E-state index contributed by atoms with van der Waals surface area (Å²) in [4.78, 5) is 24.4. The van der Waals surface area contributed by atoms with E-state index in [-0.39, 0.29) is 23.1 Å². The van der Waals surface area contributed by atoms with Gasteiger partial charge in [-0.1, -0.05) is 50.2 Å². The molecule has 1 aliphatic carbocycles. The van der Waals surface area contributed by atoms with Gasteiger partial charge in [0.05, 0.1) is 17.2 Å². The van der Waals surface area contributed by atoms with Crippen LogP contribution in [0.3, 0.4) is 0 Å². The number of carboxylic acid groups (broad SMARTS) is 1. The maximum Gasteiger partial charge on any atom is 0.418 e. The van der Waals surface area contributed by atoms with E-state index in [2.05, 4.69) is 5.32 Å². The molecule has 0 radical (unpaired) electrons. The number of anilines is 1. The topological polar surface area (TPSA) is 75.6 Å². The minimum Gasteiger partial charge on any atom is -0.489 e. The van der Waals surface area contributed by atoms with E-state index in [1.54, 1.807) is 18.2 Å². The molecule has 0 aliphatic heterocycles. The highest BCUT2D eigenvalue weighted by Gasteiger charge is 2.45. The Bertz CT molecular complexity index is 1270. The lowest BCUT2D eigenvalue weighted by molar-refractivity contribution is -0.139. The van der Waals surface area contributed by atoms with Gasteiger partial charge in [0, 0.05) is 5.56 Å². The fraction of sp³-hybridized carbons (Fsp3) is 0.286. The molecule has 3 aromatic carbocycles. The molecule has 4 rings (SSSR count). The number of carbonyl (C=O) groups excluding carboxylic acids is 1. The lowest BCUT2D eigenvalue weighted by Gasteiger charge is -2.18. The largest absolute Gasteiger partial charge is 0.489 e. The second kappa shape index (κ2) is 10.0. The minimum atomic E-state index is -4.69. The summed E-state index contributed by atoms with van der Waals surface area (Å²) in [7, 11) is 0. The Labute approximate surface area is 206 Å². The normalized spacial score (nSPS) is 17.1. The average Bonchev–Trinajstić information content (AvgIpc) is 3.64. The predicted octanol–water partition coefficient (Wildman–Crippen LogP) is 6.85. The van der Waals surface area contributed by atoms with E-state index in [1.807, 2.05) is 44.2 Å². The van der Waals surface area contributed by atoms with Crippen LogP contribution in [0.15, 0.2) is 66.7 Å².